The van der Waals surface area contributed by atoms with E-state index in [9.17, 15) is 4.79 Å². The number of rotatable bonds is 3. The van der Waals surface area contributed by atoms with Gasteiger partial charge in [-0.1, -0.05) is 0 Å². The number of esters is 1. The Labute approximate surface area is 59.7 Å². The summed E-state index contributed by atoms with van der Waals surface area (Å²) in [5.41, 5.74) is 0. The van der Waals surface area contributed by atoms with Crippen molar-refractivity contribution < 1.29 is 19.7 Å². The summed E-state index contributed by atoms with van der Waals surface area (Å²) in [7, 11) is 0. The van der Waals surface area contributed by atoms with Crippen molar-refractivity contribution in [1.29, 1.82) is 0 Å². The van der Waals surface area contributed by atoms with Crippen LogP contribution in [0.1, 0.15) is 0 Å². The number of hydrogen-bond acceptors (Lipinski definition) is 4. The summed E-state index contributed by atoms with van der Waals surface area (Å²) in [5, 5.41) is 16.1. The Morgan fingerprint density at radius 2 is 1.90 bits per heavy atom. The lowest BCUT2D eigenvalue weighted by atomic mass is 10.7. The van der Waals surface area contributed by atoms with Crippen molar-refractivity contribution in [2.75, 3.05) is 19.8 Å². The van der Waals surface area contributed by atoms with Gasteiger partial charge in [0.1, 0.15) is 13.2 Å². The summed E-state index contributed by atoms with van der Waals surface area (Å²) in [4.78, 5) is 9.99. The van der Waals surface area contributed by atoms with Gasteiger partial charge in [-0.05, 0) is 0 Å². The number of ether oxygens (including phenoxy) is 1. The van der Waals surface area contributed by atoms with Gasteiger partial charge in [-0.25, -0.2) is 4.79 Å². The van der Waals surface area contributed by atoms with E-state index in [0.717, 1.165) is 0 Å². The Morgan fingerprint density at radius 3 is 2.20 bits per heavy atom. The molecule has 4 nitrogen and oxygen atoms in total. The maximum absolute atomic E-state index is 9.99. The molecule has 0 unspecified atom stereocenters. The second-order valence-corrected chi connectivity index (χ2v) is 1.10. The van der Waals surface area contributed by atoms with Crippen LogP contribution in [0, 0.1) is 0 Å². The fourth-order valence-corrected chi connectivity index (χ4v) is 0.205. The molecule has 2 N–H and O–H groups in total. The molecule has 60 valence electrons. The highest BCUT2D eigenvalue weighted by Gasteiger charge is 1.95. The minimum Gasteiger partial charge on any atom is -0.462 e. The van der Waals surface area contributed by atoms with Crippen LogP contribution >= 0.6 is 0 Å². The van der Waals surface area contributed by atoms with Crippen LogP contribution in [-0.2, 0) is 9.53 Å². The van der Waals surface area contributed by atoms with E-state index in [4.69, 9.17) is 10.2 Å². The molecule has 0 atom stereocenters. The van der Waals surface area contributed by atoms with Gasteiger partial charge in [0.05, 0.1) is 6.61 Å². The molecule has 0 aromatic heterocycles. The van der Waals surface area contributed by atoms with E-state index in [1.165, 1.54) is 0 Å². The monoisotopic (exact) mass is 148 g/mol. The highest BCUT2D eigenvalue weighted by Crippen LogP contribution is 1.72. The molecule has 0 saturated carbocycles. The predicted octanol–water partition coefficient (Wildman–Crippen LogP) is -0.684. The molecule has 0 amide bonds. The minimum atomic E-state index is -0.709. The molecule has 0 rings (SSSR count). The van der Waals surface area contributed by atoms with Crippen molar-refractivity contribution in [3.05, 3.63) is 13.2 Å². The Bertz CT molecular complexity index is 81.8. The zero-order valence-corrected chi connectivity index (χ0v) is 5.75. The normalized spacial score (nSPS) is 7.40. The Kier molecular flexibility index (Phi) is 13.1. The second kappa shape index (κ2) is 11.0. The average molecular weight is 148 g/mol. The van der Waals surface area contributed by atoms with Gasteiger partial charge in [0.25, 0.3) is 0 Å². The summed E-state index contributed by atoms with van der Waals surface area (Å²) in [6.45, 7) is 5.13. The van der Waals surface area contributed by atoms with Gasteiger partial charge in [-0.3, -0.25) is 0 Å². The number of hydrogen-bond donors (Lipinski definition) is 2. The Balaban J connectivity index is 0. The maximum atomic E-state index is 9.99. The first-order chi connectivity index (χ1) is 4.81. The van der Waals surface area contributed by atoms with Crippen molar-refractivity contribution in [2.45, 2.75) is 0 Å². The molecule has 0 radical (unpaired) electrons. The van der Waals surface area contributed by atoms with Crippen molar-refractivity contribution in [1.82, 2.24) is 0 Å². The van der Waals surface area contributed by atoms with Gasteiger partial charge in [0.15, 0.2) is 0 Å². The molecule has 0 aliphatic rings. The summed E-state index contributed by atoms with van der Waals surface area (Å²) >= 11 is 0. The topological polar surface area (TPSA) is 66.8 Å². The number of aliphatic hydroxyl groups is 2. The van der Waals surface area contributed by atoms with E-state index in [2.05, 4.69) is 17.9 Å². The lowest BCUT2D eigenvalue weighted by Crippen LogP contribution is -2.11. The van der Waals surface area contributed by atoms with E-state index < -0.39 is 12.6 Å². The van der Waals surface area contributed by atoms with Gasteiger partial charge < -0.3 is 14.9 Å². The van der Waals surface area contributed by atoms with Crippen molar-refractivity contribution in [3.63, 3.8) is 0 Å². The molecule has 0 aromatic carbocycles. The molecular weight excluding hydrogens is 136 g/mol. The standard InChI is InChI=1S/C4H8O4.C2H4/c5-1-2-8-4(7)3-6;1-2/h5-6H,1-3H2;1-2H2. The van der Waals surface area contributed by atoms with Crippen LogP contribution in [0.4, 0.5) is 0 Å². The molecule has 0 aliphatic heterocycles. The van der Waals surface area contributed by atoms with Crippen LogP contribution in [0.15, 0.2) is 13.2 Å². The van der Waals surface area contributed by atoms with Crippen LogP contribution < -0.4 is 0 Å². The van der Waals surface area contributed by atoms with Crippen LogP contribution in [0.5, 0.6) is 0 Å². The van der Waals surface area contributed by atoms with Gasteiger partial charge in [-0.2, -0.15) is 0 Å². The molecule has 0 bridgehead atoms. The van der Waals surface area contributed by atoms with Crippen LogP contribution in [-0.4, -0.2) is 36.0 Å². The lowest BCUT2D eigenvalue weighted by Gasteiger charge is -1.96. The van der Waals surface area contributed by atoms with Gasteiger partial charge >= 0.3 is 5.97 Å². The maximum Gasteiger partial charge on any atom is 0.331 e. The summed E-state index contributed by atoms with van der Waals surface area (Å²) in [6.07, 6.45) is 0. The third-order valence-corrected chi connectivity index (χ3v) is 0.483. The molecular formula is C6H12O4. The second-order valence-electron chi connectivity index (χ2n) is 1.10. The first-order valence-corrected chi connectivity index (χ1v) is 2.68. The molecule has 0 aliphatic carbocycles. The highest BCUT2D eigenvalue weighted by molar-refractivity contribution is 5.70. The van der Waals surface area contributed by atoms with Crippen LogP contribution in [0.3, 0.4) is 0 Å². The number of carbonyl (C=O) groups excluding carboxylic acids is 1. The summed E-state index contributed by atoms with van der Waals surface area (Å²) < 4.78 is 4.20. The van der Waals surface area contributed by atoms with Gasteiger partial charge in [0.2, 0.25) is 0 Å². The van der Waals surface area contributed by atoms with Crippen LogP contribution in [0.2, 0.25) is 0 Å². The third-order valence-electron chi connectivity index (χ3n) is 0.483. The molecule has 0 spiro atoms. The molecule has 10 heavy (non-hydrogen) atoms. The van der Waals surface area contributed by atoms with Crippen molar-refractivity contribution in [3.8, 4) is 0 Å². The SMILES string of the molecule is C=C.O=C(CO)OCCO. The van der Waals surface area contributed by atoms with E-state index in [-0.39, 0.29) is 13.2 Å². The van der Waals surface area contributed by atoms with Crippen molar-refractivity contribution >= 4 is 5.97 Å². The average Bonchev–Trinajstić information content (AvgIpc) is 2.04. The lowest BCUT2D eigenvalue weighted by molar-refractivity contribution is -0.147. The van der Waals surface area contributed by atoms with E-state index in [1.807, 2.05) is 0 Å². The van der Waals surface area contributed by atoms with E-state index >= 15 is 0 Å². The van der Waals surface area contributed by atoms with Crippen molar-refractivity contribution in [2.24, 2.45) is 0 Å². The summed E-state index contributed by atoms with van der Waals surface area (Å²) in [5.74, 6) is -0.709. The molecule has 0 fully saturated rings. The first-order valence-electron chi connectivity index (χ1n) is 2.68. The zero-order chi connectivity index (χ0) is 8.41. The summed E-state index contributed by atoms with van der Waals surface area (Å²) in [6, 6.07) is 0. The van der Waals surface area contributed by atoms with Gasteiger partial charge in [0, 0.05) is 0 Å². The first kappa shape index (κ1) is 11.9. The highest BCUT2D eigenvalue weighted by atomic mass is 16.5. The fourth-order valence-electron chi connectivity index (χ4n) is 0.205. The molecule has 4 heteroatoms. The quantitative estimate of drug-likeness (QED) is 0.411. The van der Waals surface area contributed by atoms with E-state index in [0.29, 0.717) is 0 Å². The zero-order valence-electron chi connectivity index (χ0n) is 5.75. The predicted molar refractivity (Wildman–Crippen MR) is 36.4 cm³/mol. The Morgan fingerprint density at radius 1 is 1.40 bits per heavy atom. The minimum absolute atomic E-state index is 0.0423. The smallest absolute Gasteiger partial charge is 0.331 e. The third kappa shape index (κ3) is 10.2. The number of carbonyl (C=O) groups is 1. The molecule has 0 aromatic rings. The largest absolute Gasteiger partial charge is 0.462 e. The Hall–Kier alpha value is -0.870. The van der Waals surface area contributed by atoms with E-state index in [1.54, 1.807) is 0 Å². The number of aliphatic hydroxyl groups excluding tert-OH is 2. The molecule has 0 saturated heterocycles. The van der Waals surface area contributed by atoms with Gasteiger partial charge in [-0.15, -0.1) is 13.2 Å². The molecule has 0 heterocycles. The fraction of sp³-hybridized carbons (Fsp3) is 0.500. The van der Waals surface area contributed by atoms with Crippen LogP contribution in [0.25, 0.3) is 0 Å².